The van der Waals surface area contributed by atoms with Gasteiger partial charge in [0.2, 0.25) is 0 Å². The summed E-state index contributed by atoms with van der Waals surface area (Å²) in [5.41, 5.74) is 2.09. The summed E-state index contributed by atoms with van der Waals surface area (Å²) in [6.07, 6.45) is 0. The van der Waals surface area contributed by atoms with Crippen molar-refractivity contribution in [1.82, 2.24) is 15.0 Å². The van der Waals surface area contributed by atoms with Crippen LogP contribution in [0.3, 0.4) is 0 Å². The Morgan fingerprint density at radius 1 is 0.955 bits per heavy atom. The molecule has 0 bridgehead atoms. The zero-order valence-electron chi connectivity index (χ0n) is 11.4. The standard InChI is InChI=1S/C17H10N4O/c18-10-14-12-8-4-5-9-13(12)17(22)15-16(14)21(20-19-15)11-6-2-1-3-7-11/h1-9,22H. The van der Waals surface area contributed by atoms with E-state index in [0.29, 0.717) is 27.4 Å². The molecule has 0 fully saturated rings. The second-order valence-electron chi connectivity index (χ2n) is 4.92. The first kappa shape index (κ1) is 12.4. The average molecular weight is 286 g/mol. The third-order valence-electron chi connectivity index (χ3n) is 3.70. The molecular formula is C17H10N4O. The molecule has 0 spiro atoms. The van der Waals surface area contributed by atoms with Crippen LogP contribution in [-0.4, -0.2) is 20.1 Å². The summed E-state index contributed by atoms with van der Waals surface area (Å²) in [7, 11) is 0. The lowest BCUT2D eigenvalue weighted by Crippen LogP contribution is -1.98. The van der Waals surface area contributed by atoms with Gasteiger partial charge in [0.15, 0.2) is 11.3 Å². The molecule has 0 saturated heterocycles. The van der Waals surface area contributed by atoms with Crippen molar-refractivity contribution < 1.29 is 5.11 Å². The van der Waals surface area contributed by atoms with Crippen LogP contribution in [0.4, 0.5) is 0 Å². The number of benzene rings is 3. The highest BCUT2D eigenvalue weighted by molar-refractivity contribution is 6.07. The third kappa shape index (κ3) is 1.58. The zero-order valence-corrected chi connectivity index (χ0v) is 11.4. The lowest BCUT2D eigenvalue weighted by atomic mass is 10.0. The highest BCUT2D eigenvalue weighted by Gasteiger charge is 2.19. The van der Waals surface area contributed by atoms with Crippen molar-refractivity contribution in [1.29, 1.82) is 5.26 Å². The van der Waals surface area contributed by atoms with Crippen molar-refractivity contribution >= 4 is 21.8 Å². The van der Waals surface area contributed by atoms with Gasteiger partial charge in [0.1, 0.15) is 11.6 Å². The first-order valence-corrected chi connectivity index (χ1v) is 6.76. The number of hydrogen-bond acceptors (Lipinski definition) is 4. The Hall–Kier alpha value is -3.39. The van der Waals surface area contributed by atoms with E-state index in [9.17, 15) is 10.4 Å². The molecule has 1 aromatic heterocycles. The zero-order chi connectivity index (χ0) is 15.1. The van der Waals surface area contributed by atoms with Crippen LogP contribution in [0.5, 0.6) is 5.75 Å². The second kappa shape index (κ2) is 4.57. The number of aromatic hydroxyl groups is 1. The SMILES string of the molecule is N#Cc1c2ccccc2c(O)c2nnn(-c3ccccc3)c12. The fourth-order valence-electron chi connectivity index (χ4n) is 2.69. The van der Waals surface area contributed by atoms with Gasteiger partial charge in [-0.25, -0.2) is 4.68 Å². The number of para-hydroxylation sites is 1. The van der Waals surface area contributed by atoms with E-state index >= 15 is 0 Å². The van der Waals surface area contributed by atoms with Crippen LogP contribution in [0.15, 0.2) is 54.6 Å². The first-order valence-electron chi connectivity index (χ1n) is 6.76. The van der Waals surface area contributed by atoms with Crippen LogP contribution >= 0.6 is 0 Å². The molecular weight excluding hydrogens is 276 g/mol. The largest absolute Gasteiger partial charge is 0.505 e. The molecule has 22 heavy (non-hydrogen) atoms. The number of fused-ring (bicyclic) bond motifs is 2. The maximum absolute atomic E-state index is 10.5. The van der Waals surface area contributed by atoms with Gasteiger partial charge in [0, 0.05) is 10.8 Å². The fourth-order valence-corrected chi connectivity index (χ4v) is 2.69. The molecule has 4 aromatic rings. The molecule has 0 aliphatic rings. The molecule has 1 heterocycles. The topological polar surface area (TPSA) is 74.7 Å². The van der Waals surface area contributed by atoms with E-state index in [0.717, 1.165) is 5.69 Å². The Balaban J connectivity index is 2.22. The van der Waals surface area contributed by atoms with Crippen molar-refractivity contribution in [2.45, 2.75) is 0 Å². The average Bonchev–Trinajstić information content (AvgIpc) is 3.01. The Morgan fingerprint density at radius 2 is 1.64 bits per heavy atom. The number of aromatic nitrogens is 3. The molecule has 0 radical (unpaired) electrons. The molecule has 5 heteroatoms. The van der Waals surface area contributed by atoms with Crippen LogP contribution in [0.25, 0.3) is 27.5 Å². The van der Waals surface area contributed by atoms with Crippen molar-refractivity contribution in [2.24, 2.45) is 0 Å². The highest BCUT2D eigenvalue weighted by atomic mass is 16.3. The molecule has 0 atom stereocenters. The number of phenols is 1. The predicted molar refractivity (Wildman–Crippen MR) is 82.8 cm³/mol. The molecule has 104 valence electrons. The molecule has 0 amide bonds. The molecule has 0 aliphatic heterocycles. The van der Waals surface area contributed by atoms with Crippen LogP contribution in [0, 0.1) is 11.3 Å². The summed E-state index contributed by atoms with van der Waals surface area (Å²) < 4.78 is 1.58. The van der Waals surface area contributed by atoms with Crippen LogP contribution < -0.4 is 0 Å². The highest BCUT2D eigenvalue weighted by Crippen LogP contribution is 2.36. The minimum absolute atomic E-state index is 0.0479. The van der Waals surface area contributed by atoms with Gasteiger partial charge in [-0.15, -0.1) is 5.10 Å². The summed E-state index contributed by atoms with van der Waals surface area (Å²) in [6.45, 7) is 0. The summed E-state index contributed by atoms with van der Waals surface area (Å²) in [5, 5.41) is 29.6. The van der Waals surface area contributed by atoms with E-state index in [1.165, 1.54) is 0 Å². The Labute approximate surface area is 125 Å². The van der Waals surface area contributed by atoms with Crippen LogP contribution in [-0.2, 0) is 0 Å². The summed E-state index contributed by atoms with van der Waals surface area (Å²) in [4.78, 5) is 0. The van der Waals surface area contributed by atoms with Crippen molar-refractivity contribution in [3.63, 3.8) is 0 Å². The van der Waals surface area contributed by atoms with Gasteiger partial charge in [0.25, 0.3) is 0 Å². The molecule has 0 aliphatic carbocycles. The quantitative estimate of drug-likeness (QED) is 0.583. The Kier molecular flexibility index (Phi) is 2.57. The summed E-state index contributed by atoms with van der Waals surface area (Å²) >= 11 is 0. The van der Waals surface area contributed by atoms with Crippen molar-refractivity contribution in [3.05, 3.63) is 60.2 Å². The normalized spacial score (nSPS) is 10.9. The number of nitrogens with zero attached hydrogens (tertiary/aromatic N) is 4. The van der Waals surface area contributed by atoms with E-state index in [1.54, 1.807) is 10.7 Å². The molecule has 1 N–H and O–H groups in total. The van der Waals surface area contributed by atoms with Gasteiger partial charge >= 0.3 is 0 Å². The molecule has 5 nitrogen and oxygen atoms in total. The number of rotatable bonds is 1. The lowest BCUT2D eigenvalue weighted by Gasteiger charge is -2.07. The first-order chi connectivity index (χ1) is 10.8. The number of phenolic OH excluding ortho intramolecular Hbond substituents is 1. The summed E-state index contributed by atoms with van der Waals surface area (Å²) in [5.74, 6) is 0.0479. The van der Waals surface area contributed by atoms with Gasteiger partial charge in [-0.2, -0.15) is 5.26 Å². The van der Waals surface area contributed by atoms with Gasteiger partial charge in [-0.3, -0.25) is 0 Å². The van der Waals surface area contributed by atoms with E-state index in [1.807, 2.05) is 48.5 Å². The van der Waals surface area contributed by atoms with Crippen molar-refractivity contribution in [2.75, 3.05) is 0 Å². The van der Waals surface area contributed by atoms with E-state index < -0.39 is 0 Å². The lowest BCUT2D eigenvalue weighted by molar-refractivity contribution is 0.486. The van der Waals surface area contributed by atoms with Gasteiger partial charge in [-0.05, 0) is 12.1 Å². The fraction of sp³-hybridized carbons (Fsp3) is 0. The Morgan fingerprint density at radius 3 is 2.36 bits per heavy atom. The molecule has 0 saturated carbocycles. The maximum Gasteiger partial charge on any atom is 0.157 e. The van der Waals surface area contributed by atoms with E-state index in [2.05, 4.69) is 16.4 Å². The van der Waals surface area contributed by atoms with E-state index in [4.69, 9.17) is 0 Å². The Bertz CT molecular complexity index is 1050. The summed E-state index contributed by atoms with van der Waals surface area (Å²) in [6, 6.07) is 18.9. The molecule has 3 aromatic carbocycles. The minimum Gasteiger partial charge on any atom is -0.505 e. The monoisotopic (exact) mass is 286 g/mol. The molecule has 4 rings (SSSR count). The predicted octanol–water partition coefficient (Wildman–Crippen LogP) is 3.15. The third-order valence-corrected chi connectivity index (χ3v) is 3.70. The number of nitriles is 1. The maximum atomic E-state index is 10.5. The number of hydrogen-bond donors (Lipinski definition) is 1. The molecule has 0 unspecified atom stereocenters. The van der Waals surface area contributed by atoms with Crippen molar-refractivity contribution in [3.8, 4) is 17.5 Å². The second-order valence-corrected chi connectivity index (χ2v) is 4.92. The minimum atomic E-state index is 0.0479. The van der Waals surface area contributed by atoms with Gasteiger partial charge in [0.05, 0.1) is 11.3 Å². The van der Waals surface area contributed by atoms with Crippen LogP contribution in [0.2, 0.25) is 0 Å². The van der Waals surface area contributed by atoms with Gasteiger partial charge in [-0.1, -0.05) is 47.7 Å². The van der Waals surface area contributed by atoms with Gasteiger partial charge < -0.3 is 5.11 Å². The van der Waals surface area contributed by atoms with E-state index in [-0.39, 0.29) is 5.75 Å². The van der Waals surface area contributed by atoms with Crippen LogP contribution in [0.1, 0.15) is 5.56 Å². The smallest absolute Gasteiger partial charge is 0.157 e.